The number of carbonyl (C=O) groups excluding carboxylic acids is 1. The highest BCUT2D eigenvalue weighted by Crippen LogP contribution is 2.27. The average molecular weight is 189 g/mol. The first-order valence-corrected chi connectivity index (χ1v) is 4.45. The Morgan fingerprint density at radius 2 is 2.14 bits per heavy atom. The molecule has 0 bridgehead atoms. The minimum Gasteiger partial charge on any atom is -0.447 e. The summed E-state index contributed by atoms with van der Waals surface area (Å²) in [7, 11) is 0. The second-order valence-electron chi connectivity index (χ2n) is 3.09. The number of ether oxygens (including phenoxy) is 1. The van der Waals surface area contributed by atoms with Crippen molar-refractivity contribution in [3.05, 3.63) is 48.7 Å². The number of rotatable bonds is 2. The van der Waals surface area contributed by atoms with Crippen LogP contribution in [0.1, 0.15) is 11.6 Å². The minimum atomic E-state index is -0.325. The van der Waals surface area contributed by atoms with Gasteiger partial charge in [0.2, 0.25) is 0 Å². The molecule has 3 heteroatoms. The maximum Gasteiger partial charge on any atom is 0.414 e. The van der Waals surface area contributed by atoms with E-state index in [1.165, 1.54) is 11.1 Å². The molecule has 14 heavy (non-hydrogen) atoms. The van der Waals surface area contributed by atoms with E-state index in [9.17, 15) is 4.79 Å². The molecule has 0 aromatic heterocycles. The van der Waals surface area contributed by atoms with E-state index in [1.54, 1.807) is 0 Å². The van der Waals surface area contributed by atoms with E-state index in [4.69, 9.17) is 4.74 Å². The molecule has 2 rings (SSSR count). The second-order valence-corrected chi connectivity index (χ2v) is 3.09. The van der Waals surface area contributed by atoms with Gasteiger partial charge in [0.05, 0.1) is 6.04 Å². The van der Waals surface area contributed by atoms with Crippen LogP contribution in [-0.4, -0.2) is 17.6 Å². The number of cyclic esters (lactones) is 1. The lowest BCUT2D eigenvalue weighted by molar-refractivity contribution is 0.166. The first-order chi connectivity index (χ1) is 6.83. The van der Waals surface area contributed by atoms with E-state index in [2.05, 4.69) is 6.58 Å². The number of hydrogen-bond donors (Lipinski definition) is 0. The molecule has 0 aliphatic carbocycles. The standard InChI is InChI=1S/C11H11NO2/c1-2-12-10(8-14-11(12)13)9-6-4-3-5-7-9/h2-7,10H,1,8H2/t10-/m1/s1. The van der Waals surface area contributed by atoms with Crippen molar-refractivity contribution >= 4 is 6.09 Å². The Labute approximate surface area is 82.6 Å². The van der Waals surface area contributed by atoms with Crippen LogP contribution in [0.4, 0.5) is 4.79 Å². The van der Waals surface area contributed by atoms with Gasteiger partial charge < -0.3 is 4.74 Å². The molecule has 3 nitrogen and oxygen atoms in total. The summed E-state index contributed by atoms with van der Waals surface area (Å²) in [6.07, 6.45) is 1.18. The summed E-state index contributed by atoms with van der Waals surface area (Å²) in [6.45, 7) is 3.99. The first-order valence-electron chi connectivity index (χ1n) is 4.45. The van der Waals surface area contributed by atoms with Gasteiger partial charge in [-0.15, -0.1) is 0 Å². The van der Waals surface area contributed by atoms with Crippen LogP contribution in [0.3, 0.4) is 0 Å². The fourth-order valence-corrected chi connectivity index (χ4v) is 1.57. The van der Waals surface area contributed by atoms with E-state index in [1.807, 2.05) is 30.3 Å². The summed E-state index contributed by atoms with van der Waals surface area (Å²) in [5, 5.41) is 0. The fourth-order valence-electron chi connectivity index (χ4n) is 1.57. The van der Waals surface area contributed by atoms with Crippen LogP contribution in [0.2, 0.25) is 0 Å². The topological polar surface area (TPSA) is 29.5 Å². The van der Waals surface area contributed by atoms with Crippen LogP contribution >= 0.6 is 0 Å². The summed E-state index contributed by atoms with van der Waals surface area (Å²) in [6, 6.07) is 9.76. The molecule has 1 heterocycles. The van der Waals surface area contributed by atoms with Crippen molar-refractivity contribution in [1.82, 2.24) is 4.90 Å². The summed E-state index contributed by atoms with van der Waals surface area (Å²) >= 11 is 0. The van der Waals surface area contributed by atoms with E-state index in [-0.39, 0.29) is 12.1 Å². The van der Waals surface area contributed by atoms with Gasteiger partial charge in [-0.25, -0.2) is 4.79 Å². The van der Waals surface area contributed by atoms with Crippen LogP contribution in [0.5, 0.6) is 0 Å². The minimum absolute atomic E-state index is 0.0267. The Morgan fingerprint density at radius 1 is 1.43 bits per heavy atom. The van der Waals surface area contributed by atoms with Crippen LogP contribution in [-0.2, 0) is 4.74 Å². The highest BCUT2D eigenvalue weighted by molar-refractivity contribution is 5.71. The Kier molecular flexibility index (Phi) is 2.23. The van der Waals surface area contributed by atoms with Gasteiger partial charge in [0.15, 0.2) is 0 Å². The van der Waals surface area contributed by atoms with E-state index < -0.39 is 0 Å². The molecular weight excluding hydrogens is 178 g/mol. The lowest BCUT2D eigenvalue weighted by Crippen LogP contribution is -2.20. The molecule has 1 aromatic carbocycles. The zero-order valence-corrected chi connectivity index (χ0v) is 7.72. The Hall–Kier alpha value is -1.77. The van der Waals surface area contributed by atoms with Crippen molar-refractivity contribution in [3.63, 3.8) is 0 Å². The smallest absolute Gasteiger partial charge is 0.414 e. The molecule has 0 N–H and O–H groups in total. The third kappa shape index (κ3) is 1.37. The zero-order chi connectivity index (χ0) is 9.97. The predicted molar refractivity (Wildman–Crippen MR) is 52.6 cm³/mol. The lowest BCUT2D eigenvalue weighted by atomic mass is 10.1. The number of hydrogen-bond acceptors (Lipinski definition) is 2. The Bertz CT molecular complexity index is 348. The van der Waals surface area contributed by atoms with Crippen LogP contribution < -0.4 is 0 Å². The largest absolute Gasteiger partial charge is 0.447 e. The maximum absolute atomic E-state index is 11.2. The number of benzene rings is 1. The van der Waals surface area contributed by atoms with Crippen molar-refractivity contribution < 1.29 is 9.53 Å². The number of carbonyl (C=O) groups is 1. The van der Waals surface area contributed by atoms with Crippen molar-refractivity contribution in [3.8, 4) is 0 Å². The van der Waals surface area contributed by atoms with E-state index >= 15 is 0 Å². The molecule has 72 valence electrons. The van der Waals surface area contributed by atoms with Gasteiger partial charge in [-0.3, -0.25) is 4.90 Å². The SMILES string of the molecule is C=CN1C(=O)OC[C@@H]1c1ccccc1. The molecular formula is C11H11NO2. The van der Waals surface area contributed by atoms with Gasteiger partial charge in [-0.05, 0) is 5.56 Å². The van der Waals surface area contributed by atoms with Gasteiger partial charge in [-0.1, -0.05) is 36.9 Å². The molecule has 1 fully saturated rings. The lowest BCUT2D eigenvalue weighted by Gasteiger charge is -2.16. The molecule has 1 saturated heterocycles. The van der Waals surface area contributed by atoms with Crippen molar-refractivity contribution in [2.24, 2.45) is 0 Å². The van der Waals surface area contributed by atoms with Gasteiger partial charge >= 0.3 is 6.09 Å². The summed E-state index contributed by atoms with van der Waals surface area (Å²) in [5.41, 5.74) is 1.07. The maximum atomic E-state index is 11.2. The molecule has 1 aliphatic rings. The average Bonchev–Trinajstić information content (AvgIpc) is 2.61. The fraction of sp³-hybridized carbons (Fsp3) is 0.182. The highest BCUT2D eigenvalue weighted by Gasteiger charge is 2.31. The Balaban J connectivity index is 2.27. The zero-order valence-electron chi connectivity index (χ0n) is 7.72. The molecule has 1 amide bonds. The van der Waals surface area contributed by atoms with Crippen LogP contribution in [0.25, 0.3) is 0 Å². The third-order valence-corrected chi connectivity index (χ3v) is 2.29. The van der Waals surface area contributed by atoms with Crippen LogP contribution in [0, 0.1) is 0 Å². The number of amides is 1. The summed E-state index contributed by atoms with van der Waals surface area (Å²) in [5.74, 6) is 0. The van der Waals surface area contributed by atoms with Crippen LogP contribution in [0.15, 0.2) is 43.1 Å². The molecule has 1 aromatic rings. The normalized spacial score (nSPS) is 20.7. The van der Waals surface area contributed by atoms with Gasteiger partial charge in [-0.2, -0.15) is 0 Å². The van der Waals surface area contributed by atoms with Gasteiger partial charge in [0.25, 0.3) is 0 Å². The summed E-state index contributed by atoms with van der Waals surface area (Å²) in [4.78, 5) is 12.7. The molecule has 1 atom stereocenters. The van der Waals surface area contributed by atoms with E-state index in [0.717, 1.165) is 5.56 Å². The highest BCUT2D eigenvalue weighted by atomic mass is 16.6. The van der Waals surface area contributed by atoms with Gasteiger partial charge in [0.1, 0.15) is 6.61 Å². The van der Waals surface area contributed by atoms with Crippen molar-refractivity contribution in [2.75, 3.05) is 6.61 Å². The monoisotopic (exact) mass is 189 g/mol. The molecule has 0 radical (unpaired) electrons. The van der Waals surface area contributed by atoms with Crippen molar-refractivity contribution in [1.29, 1.82) is 0 Å². The van der Waals surface area contributed by atoms with Crippen molar-refractivity contribution in [2.45, 2.75) is 6.04 Å². The molecule has 0 unspecified atom stereocenters. The molecule has 0 spiro atoms. The number of nitrogens with zero attached hydrogens (tertiary/aromatic N) is 1. The molecule has 1 aliphatic heterocycles. The third-order valence-electron chi connectivity index (χ3n) is 2.29. The second kappa shape index (κ2) is 3.54. The Morgan fingerprint density at radius 3 is 2.79 bits per heavy atom. The summed E-state index contributed by atoms with van der Waals surface area (Å²) < 4.78 is 4.94. The van der Waals surface area contributed by atoms with Gasteiger partial charge in [0, 0.05) is 6.20 Å². The quantitative estimate of drug-likeness (QED) is 0.714. The first kappa shape index (κ1) is 8.81. The van der Waals surface area contributed by atoms with E-state index in [0.29, 0.717) is 6.61 Å². The molecule has 0 saturated carbocycles. The predicted octanol–water partition coefficient (Wildman–Crippen LogP) is 2.32.